The van der Waals surface area contributed by atoms with Crippen molar-refractivity contribution >= 4 is 21.5 Å². The number of nitrogens with one attached hydrogen (secondary N) is 1. The van der Waals surface area contributed by atoms with E-state index >= 15 is 0 Å². The average Bonchev–Trinajstić information content (AvgIpc) is 3.01. The maximum absolute atomic E-state index is 11.9. The topological polar surface area (TPSA) is 75.2 Å². The van der Waals surface area contributed by atoms with Crippen LogP contribution in [0.1, 0.15) is 13.3 Å². The fraction of sp³-hybridized carbons (Fsp3) is 0.368. The summed E-state index contributed by atoms with van der Waals surface area (Å²) in [6.07, 6.45) is 2.40. The van der Waals surface area contributed by atoms with Crippen LogP contribution in [0, 0.1) is 0 Å². The van der Waals surface area contributed by atoms with Crippen LogP contribution in [0.3, 0.4) is 0 Å². The van der Waals surface area contributed by atoms with Crippen LogP contribution in [0.2, 0.25) is 0 Å². The minimum Gasteiger partial charge on any atom is -0.366 e. The van der Waals surface area contributed by atoms with Crippen LogP contribution < -0.4 is 10.2 Å². The molecule has 7 heteroatoms. The van der Waals surface area contributed by atoms with Crippen molar-refractivity contribution in [2.45, 2.75) is 19.4 Å². The lowest BCUT2D eigenvalue weighted by atomic mass is 10.2. The van der Waals surface area contributed by atoms with Gasteiger partial charge in [-0.15, -0.1) is 6.58 Å². The molecule has 0 aliphatic carbocycles. The van der Waals surface area contributed by atoms with Crippen LogP contribution in [0.25, 0.3) is 11.4 Å². The van der Waals surface area contributed by atoms with E-state index in [1.165, 1.54) is 0 Å². The third-order valence-electron chi connectivity index (χ3n) is 4.46. The van der Waals surface area contributed by atoms with Crippen LogP contribution in [0.5, 0.6) is 0 Å². The Morgan fingerprint density at radius 1 is 1.31 bits per heavy atom. The van der Waals surface area contributed by atoms with E-state index in [2.05, 4.69) is 21.8 Å². The zero-order chi connectivity index (χ0) is 18.6. The molecule has 1 saturated heterocycles. The summed E-state index contributed by atoms with van der Waals surface area (Å²) >= 11 is 0. The van der Waals surface area contributed by atoms with E-state index in [4.69, 9.17) is 4.98 Å². The molecule has 26 heavy (non-hydrogen) atoms. The predicted molar refractivity (Wildman–Crippen MR) is 106 cm³/mol. The van der Waals surface area contributed by atoms with Crippen molar-refractivity contribution in [2.24, 2.45) is 0 Å². The molecule has 138 valence electrons. The van der Waals surface area contributed by atoms with Crippen molar-refractivity contribution in [1.82, 2.24) is 9.97 Å². The fourth-order valence-electron chi connectivity index (χ4n) is 3.19. The SMILES string of the molecule is C=CCNc1cc(N(CC)C2CCS(=O)(=O)C2)nc(-c2ccccc2)n1. The molecule has 1 N–H and O–H groups in total. The lowest BCUT2D eigenvalue weighted by Gasteiger charge is -2.28. The normalized spacial score (nSPS) is 18.4. The van der Waals surface area contributed by atoms with E-state index in [9.17, 15) is 8.42 Å². The second-order valence-electron chi connectivity index (χ2n) is 6.31. The monoisotopic (exact) mass is 372 g/mol. The van der Waals surface area contributed by atoms with E-state index in [1.54, 1.807) is 6.08 Å². The first kappa shape index (κ1) is 18.4. The Kier molecular flexibility index (Phi) is 5.56. The van der Waals surface area contributed by atoms with Crippen LogP contribution in [0.15, 0.2) is 49.1 Å². The standard InChI is InChI=1S/C19H24N4O2S/c1-3-11-20-17-13-18(22-19(21-17)15-8-6-5-7-9-15)23(4-2)16-10-12-26(24,25)14-16/h3,5-9,13,16H,1,4,10-12,14H2,2H3,(H,20,21,22). The molecule has 1 atom stereocenters. The van der Waals surface area contributed by atoms with Gasteiger partial charge in [0, 0.05) is 30.8 Å². The second kappa shape index (κ2) is 7.86. The Morgan fingerprint density at radius 2 is 2.08 bits per heavy atom. The lowest BCUT2D eigenvalue weighted by molar-refractivity contribution is 0.599. The third-order valence-corrected chi connectivity index (χ3v) is 6.21. The molecule has 0 saturated carbocycles. The summed E-state index contributed by atoms with van der Waals surface area (Å²) in [6.45, 7) is 7.02. The van der Waals surface area contributed by atoms with Crippen molar-refractivity contribution in [3.05, 3.63) is 49.1 Å². The highest BCUT2D eigenvalue weighted by Gasteiger charge is 2.32. The molecule has 1 aromatic carbocycles. The highest BCUT2D eigenvalue weighted by molar-refractivity contribution is 7.91. The highest BCUT2D eigenvalue weighted by atomic mass is 32.2. The van der Waals surface area contributed by atoms with Crippen LogP contribution >= 0.6 is 0 Å². The van der Waals surface area contributed by atoms with Gasteiger partial charge in [0.05, 0.1) is 11.5 Å². The molecule has 1 aliphatic heterocycles. The predicted octanol–water partition coefficient (Wildman–Crippen LogP) is 2.75. The van der Waals surface area contributed by atoms with E-state index in [1.807, 2.05) is 43.3 Å². The number of rotatable bonds is 7. The first-order valence-electron chi connectivity index (χ1n) is 8.78. The number of aromatic nitrogens is 2. The summed E-state index contributed by atoms with van der Waals surface area (Å²) in [5.74, 6) is 2.49. The Balaban J connectivity index is 2.00. The van der Waals surface area contributed by atoms with Gasteiger partial charge in [0.25, 0.3) is 0 Å². The molecule has 0 bridgehead atoms. The first-order chi connectivity index (χ1) is 12.5. The maximum atomic E-state index is 11.9. The molecule has 2 heterocycles. The molecule has 1 aliphatic rings. The summed E-state index contributed by atoms with van der Waals surface area (Å²) in [6, 6.07) is 11.6. The minimum atomic E-state index is -2.96. The zero-order valence-corrected chi connectivity index (χ0v) is 15.7. The number of nitrogens with zero attached hydrogens (tertiary/aromatic N) is 3. The minimum absolute atomic E-state index is 0.0456. The Bertz CT molecular complexity index is 868. The zero-order valence-electron chi connectivity index (χ0n) is 14.9. The molecule has 1 fully saturated rings. The molecule has 0 amide bonds. The van der Waals surface area contributed by atoms with E-state index in [0.29, 0.717) is 31.2 Å². The van der Waals surface area contributed by atoms with Crippen molar-refractivity contribution in [3.63, 3.8) is 0 Å². The number of hydrogen-bond donors (Lipinski definition) is 1. The molecular formula is C19H24N4O2S. The highest BCUT2D eigenvalue weighted by Crippen LogP contribution is 2.27. The van der Waals surface area contributed by atoms with Crippen molar-refractivity contribution < 1.29 is 8.42 Å². The molecule has 1 unspecified atom stereocenters. The van der Waals surface area contributed by atoms with E-state index in [0.717, 1.165) is 11.4 Å². The lowest BCUT2D eigenvalue weighted by Crippen LogP contribution is -2.37. The third kappa shape index (κ3) is 4.22. The molecule has 0 spiro atoms. The van der Waals surface area contributed by atoms with Gasteiger partial charge in [-0.25, -0.2) is 18.4 Å². The van der Waals surface area contributed by atoms with E-state index in [-0.39, 0.29) is 17.5 Å². The largest absolute Gasteiger partial charge is 0.366 e. The second-order valence-corrected chi connectivity index (χ2v) is 8.54. The summed E-state index contributed by atoms with van der Waals surface area (Å²) in [5, 5.41) is 3.22. The summed E-state index contributed by atoms with van der Waals surface area (Å²) in [7, 11) is -2.96. The van der Waals surface area contributed by atoms with Gasteiger partial charge in [-0.2, -0.15) is 0 Å². The van der Waals surface area contributed by atoms with Gasteiger partial charge < -0.3 is 10.2 Å². The molecule has 0 radical (unpaired) electrons. The molecule has 1 aromatic heterocycles. The Morgan fingerprint density at radius 3 is 2.69 bits per heavy atom. The smallest absolute Gasteiger partial charge is 0.163 e. The number of anilines is 2. The fourth-order valence-corrected chi connectivity index (χ4v) is 4.92. The number of benzene rings is 1. The van der Waals surface area contributed by atoms with Crippen molar-refractivity contribution in [2.75, 3.05) is 34.8 Å². The van der Waals surface area contributed by atoms with Crippen molar-refractivity contribution in [3.8, 4) is 11.4 Å². The van der Waals surface area contributed by atoms with Crippen LogP contribution in [-0.2, 0) is 9.84 Å². The maximum Gasteiger partial charge on any atom is 0.163 e. The van der Waals surface area contributed by atoms with Gasteiger partial charge in [0.15, 0.2) is 15.7 Å². The average molecular weight is 372 g/mol. The summed E-state index contributed by atoms with van der Waals surface area (Å²) < 4.78 is 23.8. The molecule has 6 nitrogen and oxygen atoms in total. The van der Waals surface area contributed by atoms with Crippen LogP contribution in [-0.4, -0.2) is 49.0 Å². The van der Waals surface area contributed by atoms with Crippen molar-refractivity contribution in [1.29, 1.82) is 0 Å². The van der Waals surface area contributed by atoms with Gasteiger partial charge in [-0.1, -0.05) is 36.4 Å². The molecular weight excluding hydrogens is 348 g/mol. The Hall–Kier alpha value is -2.41. The van der Waals surface area contributed by atoms with Gasteiger partial charge in [-0.05, 0) is 13.3 Å². The summed E-state index contributed by atoms with van der Waals surface area (Å²) in [4.78, 5) is 11.4. The van der Waals surface area contributed by atoms with Gasteiger partial charge in [0.1, 0.15) is 11.6 Å². The van der Waals surface area contributed by atoms with E-state index < -0.39 is 9.84 Å². The number of hydrogen-bond acceptors (Lipinski definition) is 6. The summed E-state index contributed by atoms with van der Waals surface area (Å²) in [5.41, 5.74) is 0.922. The quantitative estimate of drug-likeness (QED) is 0.753. The molecule has 2 aromatic rings. The van der Waals surface area contributed by atoms with Crippen LogP contribution in [0.4, 0.5) is 11.6 Å². The van der Waals surface area contributed by atoms with Gasteiger partial charge in [0.2, 0.25) is 0 Å². The number of sulfone groups is 1. The van der Waals surface area contributed by atoms with Gasteiger partial charge >= 0.3 is 0 Å². The van der Waals surface area contributed by atoms with Gasteiger partial charge in [-0.3, -0.25) is 0 Å². The molecule has 3 rings (SSSR count). The Labute approximate surface area is 154 Å². The first-order valence-corrected chi connectivity index (χ1v) is 10.6.